The first kappa shape index (κ1) is 13.2. The number of aryl methyl sites for hydroxylation is 1. The molecule has 0 aliphatic heterocycles. The molecule has 0 aliphatic carbocycles. The molecule has 0 saturated heterocycles. The van der Waals surface area contributed by atoms with Crippen LogP contribution in [0.2, 0.25) is 0 Å². The van der Waals surface area contributed by atoms with Crippen LogP contribution in [0.1, 0.15) is 26.2 Å². The van der Waals surface area contributed by atoms with E-state index in [-0.39, 0.29) is 6.61 Å². The van der Waals surface area contributed by atoms with Crippen molar-refractivity contribution in [2.75, 3.05) is 26.2 Å². The van der Waals surface area contributed by atoms with Crippen molar-refractivity contribution in [2.24, 2.45) is 0 Å². The Morgan fingerprint density at radius 3 is 2.69 bits per heavy atom. The molecule has 0 fully saturated rings. The van der Waals surface area contributed by atoms with Crippen LogP contribution in [0, 0.1) is 0 Å². The average Bonchev–Trinajstić information content (AvgIpc) is 2.79. The Bertz CT molecular complexity index is 249. The van der Waals surface area contributed by atoms with Gasteiger partial charge in [0, 0.05) is 25.5 Å². The summed E-state index contributed by atoms with van der Waals surface area (Å²) in [6.45, 7) is 6.41. The lowest BCUT2D eigenvalue weighted by molar-refractivity contribution is 0.190. The van der Waals surface area contributed by atoms with Gasteiger partial charge in [-0.1, -0.05) is 13.3 Å². The van der Waals surface area contributed by atoms with Gasteiger partial charge in [-0.3, -0.25) is 0 Å². The lowest BCUT2D eigenvalue weighted by Gasteiger charge is -2.20. The molecule has 0 atom stereocenters. The van der Waals surface area contributed by atoms with Crippen LogP contribution in [0.25, 0.3) is 0 Å². The van der Waals surface area contributed by atoms with E-state index in [4.69, 9.17) is 5.11 Å². The van der Waals surface area contributed by atoms with E-state index in [1.54, 1.807) is 0 Å². The zero-order valence-corrected chi connectivity index (χ0v) is 10.2. The summed E-state index contributed by atoms with van der Waals surface area (Å²) in [6.07, 6.45) is 9.18. The van der Waals surface area contributed by atoms with Gasteiger partial charge < -0.3 is 14.6 Å². The first-order chi connectivity index (χ1) is 7.86. The minimum atomic E-state index is 0.259. The molecule has 0 amide bonds. The smallest absolute Gasteiger partial charge is 0.0945 e. The molecule has 92 valence electrons. The van der Waals surface area contributed by atoms with Gasteiger partial charge >= 0.3 is 0 Å². The standard InChI is InChI=1S/C12H23N3O/c1-2-3-6-14(10-11-16)7-4-8-15-9-5-13-12-15/h5,9,12,16H,2-4,6-8,10-11H2,1H3. The molecule has 1 heterocycles. The topological polar surface area (TPSA) is 41.3 Å². The molecule has 0 bridgehead atoms. The normalized spacial score (nSPS) is 11.2. The molecular formula is C12H23N3O. The van der Waals surface area contributed by atoms with Crippen LogP contribution in [0.4, 0.5) is 0 Å². The number of hydrogen-bond donors (Lipinski definition) is 1. The summed E-state index contributed by atoms with van der Waals surface area (Å²) in [5.41, 5.74) is 0. The molecule has 1 aromatic rings. The summed E-state index contributed by atoms with van der Waals surface area (Å²) in [5, 5.41) is 8.96. The third kappa shape index (κ3) is 5.28. The number of nitrogens with zero attached hydrogens (tertiary/aromatic N) is 3. The molecule has 0 unspecified atom stereocenters. The molecule has 0 aromatic carbocycles. The number of unbranched alkanes of at least 4 members (excludes halogenated alkanes) is 1. The number of aliphatic hydroxyl groups excluding tert-OH is 1. The minimum absolute atomic E-state index is 0.259. The van der Waals surface area contributed by atoms with E-state index in [0.717, 1.165) is 32.6 Å². The molecule has 0 radical (unpaired) electrons. The molecule has 16 heavy (non-hydrogen) atoms. The van der Waals surface area contributed by atoms with Gasteiger partial charge in [-0.05, 0) is 25.9 Å². The Labute approximate surface area is 97.9 Å². The van der Waals surface area contributed by atoms with E-state index in [1.165, 1.54) is 12.8 Å². The molecule has 1 aromatic heterocycles. The van der Waals surface area contributed by atoms with Crippen LogP contribution in [-0.2, 0) is 6.54 Å². The monoisotopic (exact) mass is 225 g/mol. The summed E-state index contributed by atoms with van der Waals surface area (Å²) < 4.78 is 2.09. The number of aliphatic hydroxyl groups is 1. The quantitative estimate of drug-likeness (QED) is 0.690. The van der Waals surface area contributed by atoms with E-state index in [9.17, 15) is 0 Å². The van der Waals surface area contributed by atoms with Crippen LogP contribution in [0.3, 0.4) is 0 Å². The summed E-state index contributed by atoms with van der Waals surface area (Å²) in [7, 11) is 0. The van der Waals surface area contributed by atoms with Crippen molar-refractivity contribution in [2.45, 2.75) is 32.7 Å². The van der Waals surface area contributed by atoms with Gasteiger partial charge in [-0.15, -0.1) is 0 Å². The Morgan fingerprint density at radius 2 is 2.06 bits per heavy atom. The van der Waals surface area contributed by atoms with Crippen molar-refractivity contribution >= 4 is 0 Å². The van der Waals surface area contributed by atoms with Crippen LogP contribution in [0.15, 0.2) is 18.7 Å². The maximum absolute atomic E-state index is 8.96. The van der Waals surface area contributed by atoms with E-state index >= 15 is 0 Å². The minimum Gasteiger partial charge on any atom is -0.395 e. The van der Waals surface area contributed by atoms with E-state index in [0.29, 0.717) is 0 Å². The highest BCUT2D eigenvalue weighted by atomic mass is 16.3. The van der Waals surface area contributed by atoms with Crippen molar-refractivity contribution in [3.05, 3.63) is 18.7 Å². The second-order valence-corrected chi connectivity index (χ2v) is 4.07. The van der Waals surface area contributed by atoms with Crippen molar-refractivity contribution in [1.29, 1.82) is 0 Å². The predicted octanol–water partition coefficient (Wildman–Crippen LogP) is 1.37. The summed E-state index contributed by atoms with van der Waals surface area (Å²) >= 11 is 0. The van der Waals surface area contributed by atoms with Gasteiger partial charge in [0.15, 0.2) is 0 Å². The second kappa shape index (κ2) is 8.30. The SMILES string of the molecule is CCCCN(CCO)CCCn1ccnc1. The maximum atomic E-state index is 8.96. The fourth-order valence-electron chi connectivity index (χ4n) is 1.75. The van der Waals surface area contributed by atoms with Crippen molar-refractivity contribution in [3.63, 3.8) is 0 Å². The molecular weight excluding hydrogens is 202 g/mol. The predicted molar refractivity (Wildman–Crippen MR) is 65.3 cm³/mol. The van der Waals surface area contributed by atoms with Crippen LogP contribution < -0.4 is 0 Å². The fourth-order valence-corrected chi connectivity index (χ4v) is 1.75. The van der Waals surface area contributed by atoms with Gasteiger partial charge in [-0.2, -0.15) is 0 Å². The molecule has 0 spiro atoms. The lowest BCUT2D eigenvalue weighted by Crippen LogP contribution is -2.29. The van der Waals surface area contributed by atoms with Gasteiger partial charge in [0.2, 0.25) is 0 Å². The summed E-state index contributed by atoms with van der Waals surface area (Å²) in [4.78, 5) is 6.35. The van der Waals surface area contributed by atoms with Gasteiger partial charge in [0.25, 0.3) is 0 Å². The highest BCUT2D eigenvalue weighted by Gasteiger charge is 2.02. The Morgan fingerprint density at radius 1 is 1.25 bits per heavy atom. The van der Waals surface area contributed by atoms with E-state index in [1.807, 2.05) is 18.7 Å². The first-order valence-corrected chi connectivity index (χ1v) is 6.15. The largest absolute Gasteiger partial charge is 0.395 e. The van der Waals surface area contributed by atoms with Crippen LogP contribution in [-0.4, -0.2) is 45.8 Å². The van der Waals surface area contributed by atoms with E-state index < -0.39 is 0 Å². The fraction of sp³-hybridized carbons (Fsp3) is 0.750. The molecule has 1 rings (SSSR count). The van der Waals surface area contributed by atoms with Crippen molar-refractivity contribution in [3.8, 4) is 0 Å². The molecule has 4 nitrogen and oxygen atoms in total. The number of imidazole rings is 1. The van der Waals surface area contributed by atoms with Crippen LogP contribution >= 0.6 is 0 Å². The average molecular weight is 225 g/mol. The third-order valence-corrected chi connectivity index (χ3v) is 2.69. The zero-order chi connectivity index (χ0) is 11.6. The Kier molecular flexibility index (Phi) is 6.85. The molecule has 0 aliphatic rings. The number of aromatic nitrogens is 2. The number of hydrogen-bond acceptors (Lipinski definition) is 3. The third-order valence-electron chi connectivity index (χ3n) is 2.69. The van der Waals surface area contributed by atoms with Gasteiger partial charge in [0.05, 0.1) is 12.9 Å². The summed E-state index contributed by atoms with van der Waals surface area (Å²) in [5.74, 6) is 0. The maximum Gasteiger partial charge on any atom is 0.0945 e. The summed E-state index contributed by atoms with van der Waals surface area (Å²) in [6, 6.07) is 0. The first-order valence-electron chi connectivity index (χ1n) is 6.15. The van der Waals surface area contributed by atoms with Crippen LogP contribution in [0.5, 0.6) is 0 Å². The Hall–Kier alpha value is -0.870. The molecule has 4 heteroatoms. The van der Waals surface area contributed by atoms with Gasteiger partial charge in [-0.25, -0.2) is 4.98 Å². The zero-order valence-electron chi connectivity index (χ0n) is 10.2. The second-order valence-electron chi connectivity index (χ2n) is 4.07. The molecule has 0 saturated carbocycles. The highest BCUT2D eigenvalue weighted by Crippen LogP contribution is 1.98. The lowest BCUT2D eigenvalue weighted by atomic mass is 10.3. The van der Waals surface area contributed by atoms with Gasteiger partial charge in [0.1, 0.15) is 0 Å². The molecule has 1 N–H and O–H groups in total. The van der Waals surface area contributed by atoms with Crippen molar-refractivity contribution in [1.82, 2.24) is 14.5 Å². The van der Waals surface area contributed by atoms with E-state index in [2.05, 4.69) is 21.4 Å². The number of rotatable bonds is 9. The highest BCUT2D eigenvalue weighted by molar-refractivity contribution is 4.74. The van der Waals surface area contributed by atoms with Crippen molar-refractivity contribution < 1.29 is 5.11 Å². The Balaban J connectivity index is 2.15.